The summed E-state index contributed by atoms with van der Waals surface area (Å²) < 4.78 is 5.14. The lowest BCUT2D eigenvalue weighted by atomic mass is 10.0. The first kappa shape index (κ1) is 10.8. The molecule has 0 heterocycles. The van der Waals surface area contributed by atoms with E-state index < -0.39 is 0 Å². The normalized spacial score (nSPS) is 11.5. The Bertz CT molecular complexity index is 316. The van der Waals surface area contributed by atoms with E-state index in [2.05, 4.69) is 6.92 Å². The molecule has 0 aromatic heterocycles. The number of aliphatic hydroxyl groups excluding tert-OH is 1. The van der Waals surface area contributed by atoms with Crippen LogP contribution in [0.4, 0.5) is 0 Å². The molecule has 0 aliphatic carbocycles. The molecule has 0 amide bonds. The molecule has 1 aromatic carbocycles. The van der Waals surface area contributed by atoms with Crippen molar-refractivity contribution in [1.29, 1.82) is 0 Å². The van der Waals surface area contributed by atoms with Gasteiger partial charge in [-0.05, 0) is 29.7 Å². The van der Waals surface area contributed by atoms with Gasteiger partial charge in [0.25, 0.3) is 0 Å². The number of hydrogen-bond donors (Lipinski definition) is 1. The molecule has 0 aliphatic rings. The third kappa shape index (κ3) is 2.60. The minimum Gasteiger partial charge on any atom is -0.497 e. The Morgan fingerprint density at radius 3 is 2.86 bits per heavy atom. The van der Waals surface area contributed by atoms with E-state index in [1.807, 2.05) is 30.3 Å². The van der Waals surface area contributed by atoms with Crippen LogP contribution >= 0.6 is 0 Å². The van der Waals surface area contributed by atoms with Crippen molar-refractivity contribution in [3.8, 4) is 5.75 Å². The number of ether oxygens (including phenoxy) is 1. The van der Waals surface area contributed by atoms with Crippen molar-refractivity contribution in [2.75, 3.05) is 13.7 Å². The summed E-state index contributed by atoms with van der Waals surface area (Å²) in [6, 6.07) is 7.86. The molecule has 0 spiro atoms. The van der Waals surface area contributed by atoms with Gasteiger partial charge in [-0.25, -0.2) is 0 Å². The summed E-state index contributed by atoms with van der Waals surface area (Å²) in [5, 5.41) is 8.85. The van der Waals surface area contributed by atoms with Crippen molar-refractivity contribution in [1.82, 2.24) is 0 Å². The highest BCUT2D eigenvalue weighted by Gasteiger charge is 1.99. The number of benzene rings is 1. The highest BCUT2D eigenvalue weighted by atomic mass is 16.5. The molecule has 0 aliphatic heterocycles. The van der Waals surface area contributed by atoms with Crippen LogP contribution < -0.4 is 4.74 Å². The Morgan fingerprint density at radius 1 is 1.50 bits per heavy atom. The highest BCUT2D eigenvalue weighted by Crippen LogP contribution is 2.21. The molecule has 0 fully saturated rings. The maximum absolute atomic E-state index is 8.85. The SMILES string of the molecule is CC/C(=C/CO)c1cccc(OC)c1. The number of allylic oxidation sites excluding steroid dienone is 1. The van der Waals surface area contributed by atoms with Crippen molar-refractivity contribution < 1.29 is 9.84 Å². The number of methoxy groups -OCH3 is 1. The quantitative estimate of drug-likeness (QED) is 0.794. The molecule has 0 saturated heterocycles. The minimum atomic E-state index is 0.0837. The fraction of sp³-hybridized carbons (Fsp3) is 0.333. The van der Waals surface area contributed by atoms with E-state index in [1.54, 1.807) is 7.11 Å². The lowest BCUT2D eigenvalue weighted by molar-refractivity contribution is 0.343. The largest absolute Gasteiger partial charge is 0.497 e. The monoisotopic (exact) mass is 192 g/mol. The van der Waals surface area contributed by atoms with Crippen LogP contribution in [-0.2, 0) is 0 Å². The zero-order valence-corrected chi connectivity index (χ0v) is 8.66. The molecule has 0 atom stereocenters. The molecule has 0 saturated carbocycles. The fourth-order valence-electron chi connectivity index (χ4n) is 1.40. The van der Waals surface area contributed by atoms with Gasteiger partial charge in [-0.2, -0.15) is 0 Å². The van der Waals surface area contributed by atoms with Crippen molar-refractivity contribution in [3.63, 3.8) is 0 Å². The maximum atomic E-state index is 8.85. The second-order valence-corrected chi connectivity index (χ2v) is 3.00. The molecular weight excluding hydrogens is 176 g/mol. The Kier molecular flexibility index (Phi) is 4.20. The number of hydrogen-bond acceptors (Lipinski definition) is 2. The standard InChI is InChI=1S/C12H16O2/c1-3-10(7-8-13)11-5-4-6-12(9-11)14-2/h4-7,9,13H,3,8H2,1-2H3/b10-7-. The summed E-state index contributed by atoms with van der Waals surface area (Å²) in [7, 11) is 1.65. The molecule has 2 nitrogen and oxygen atoms in total. The second kappa shape index (κ2) is 5.45. The summed E-state index contributed by atoms with van der Waals surface area (Å²) in [5.74, 6) is 0.847. The molecule has 0 radical (unpaired) electrons. The lowest BCUT2D eigenvalue weighted by Crippen LogP contribution is -1.88. The van der Waals surface area contributed by atoms with Gasteiger partial charge < -0.3 is 9.84 Å². The van der Waals surface area contributed by atoms with Gasteiger partial charge in [-0.1, -0.05) is 25.1 Å². The Morgan fingerprint density at radius 2 is 2.29 bits per heavy atom. The van der Waals surface area contributed by atoms with E-state index in [0.29, 0.717) is 0 Å². The first-order valence-electron chi connectivity index (χ1n) is 4.76. The van der Waals surface area contributed by atoms with E-state index in [1.165, 1.54) is 0 Å². The predicted molar refractivity (Wildman–Crippen MR) is 58.3 cm³/mol. The van der Waals surface area contributed by atoms with Gasteiger partial charge in [0.1, 0.15) is 5.75 Å². The van der Waals surface area contributed by atoms with Gasteiger partial charge in [0.05, 0.1) is 13.7 Å². The van der Waals surface area contributed by atoms with E-state index in [9.17, 15) is 0 Å². The van der Waals surface area contributed by atoms with Crippen molar-refractivity contribution >= 4 is 5.57 Å². The van der Waals surface area contributed by atoms with E-state index in [0.717, 1.165) is 23.3 Å². The molecule has 14 heavy (non-hydrogen) atoms. The molecule has 2 heteroatoms. The Labute approximate surface area is 84.8 Å². The van der Waals surface area contributed by atoms with Gasteiger partial charge in [0.2, 0.25) is 0 Å². The topological polar surface area (TPSA) is 29.5 Å². The zero-order chi connectivity index (χ0) is 10.4. The molecule has 1 N–H and O–H groups in total. The van der Waals surface area contributed by atoms with Gasteiger partial charge in [0, 0.05) is 0 Å². The van der Waals surface area contributed by atoms with Crippen molar-refractivity contribution in [2.45, 2.75) is 13.3 Å². The first-order chi connectivity index (χ1) is 6.81. The minimum absolute atomic E-state index is 0.0837. The fourth-order valence-corrected chi connectivity index (χ4v) is 1.40. The Hall–Kier alpha value is -1.28. The van der Waals surface area contributed by atoms with Gasteiger partial charge in [-0.15, -0.1) is 0 Å². The van der Waals surface area contributed by atoms with Crippen molar-refractivity contribution in [2.24, 2.45) is 0 Å². The summed E-state index contributed by atoms with van der Waals surface area (Å²) in [6.07, 6.45) is 2.74. The molecule has 1 rings (SSSR count). The van der Waals surface area contributed by atoms with Crippen LogP contribution in [0, 0.1) is 0 Å². The van der Waals surface area contributed by atoms with E-state index >= 15 is 0 Å². The predicted octanol–water partition coefficient (Wildman–Crippen LogP) is 2.48. The molecule has 0 unspecified atom stereocenters. The smallest absolute Gasteiger partial charge is 0.119 e. The van der Waals surface area contributed by atoms with Crippen LogP contribution in [0.3, 0.4) is 0 Å². The average Bonchev–Trinajstić information content (AvgIpc) is 2.26. The molecule has 76 valence electrons. The second-order valence-electron chi connectivity index (χ2n) is 3.00. The maximum Gasteiger partial charge on any atom is 0.119 e. The van der Waals surface area contributed by atoms with Crippen LogP contribution in [0.15, 0.2) is 30.3 Å². The van der Waals surface area contributed by atoms with Crippen LogP contribution in [0.1, 0.15) is 18.9 Å². The summed E-state index contributed by atoms with van der Waals surface area (Å²) in [4.78, 5) is 0. The average molecular weight is 192 g/mol. The van der Waals surface area contributed by atoms with Gasteiger partial charge >= 0.3 is 0 Å². The highest BCUT2D eigenvalue weighted by molar-refractivity contribution is 5.66. The van der Waals surface area contributed by atoms with Gasteiger partial charge in [-0.3, -0.25) is 0 Å². The van der Waals surface area contributed by atoms with E-state index in [4.69, 9.17) is 9.84 Å². The number of aliphatic hydroxyl groups is 1. The summed E-state index contributed by atoms with van der Waals surface area (Å²) >= 11 is 0. The number of rotatable bonds is 4. The lowest BCUT2D eigenvalue weighted by Gasteiger charge is -2.06. The molecular formula is C12H16O2. The summed E-state index contributed by atoms with van der Waals surface area (Å²) in [5.41, 5.74) is 2.26. The summed E-state index contributed by atoms with van der Waals surface area (Å²) in [6.45, 7) is 2.15. The van der Waals surface area contributed by atoms with Crippen LogP contribution in [0.5, 0.6) is 5.75 Å². The van der Waals surface area contributed by atoms with Crippen LogP contribution in [0.2, 0.25) is 0 Å². The van der Waals surface area contributed by atoms with Crippen LogP contribution in [-0.4, -0.2) is 18.8 Å². The third-order valence-corrected chi connectivity index (χ3v) is 2.16. The molecule has 0 bridgehead atoms. The van der Waals surface area contributed by atoms with E-state index in [-0.39, 0.29) is 6.61 Å². The van der Waals surface area contributed by atoms with Gasteiger partial charge in [0.15, 0.2) is 0 Å². The first-order valence-corrected chi connectivity index (χ1v) is 4.76. The Balaban J connectivity index is 2.98. The van der Waals surface area contributed by atoms with Crippen molar-refractivity contribution in [3.05, 3.63) is 35.9 Å². The van der Waals surface area contributed by atoms with Crippen LogP contribution in [0.25, 0.3) is 5.57 Å². The third-order valence-electron chi connectivity index (χ3n) is 2.16. The molecule has 1 aromatic rings. The zero-order valence-electron chi connectivity index (χ0n) is 8.66.